The summed E-state index contributed by atoms with van der Waals surface area (Å²) in [6.07, 6.45) is 4.85. The summed E-state index contributed by atoms with van der Waals surface area (Å²) in [5.41, 5.74) is 3.28. The molecule has 0 spiro atoms. The van der Waals surface area contributed by atoms with E-state index in [4.69, 9.17) is 0 Å². The van der Waals surface area contributed by atoms with Gasteiger partial charge in [0.15, 0.2) is 5.78 Å². The van der Waals surface area contributed by atoms with Crippen molar-refractivity contribution in [2.45, 2.75) is 0 Å². The molecule has 1 amide bonds. The Balaban J connectivity index is 2.44. The molecule has 0 radical (unpaired) electrons. The minimum Gasteiger partial charge on any atom is -0.294 e. The summed E-state index contributed by atoms with van der Waals surface area (Å²) in [5.74, 6) is -0.993. The minimum absolute atomic E-state index is 0.144. The fourth-order valence-electron chi connectivity index (χ4n) is 1.44. The Morgan fingerprint density at radius 3 is 2.92 bits per heavy atom. The number of amides is 1. The number of fused-ring (bicyclic) bond motifs is 1. The first-order valence-electron chi connectivity index (χ1n) is 3.66. The molecule has 12 heavy (non-hydrogen) atoms. The molecule has 0 aromatic heterocycles. The van der Waals surface area contributed by atoms with Gasteiger partial charge >= 0.3 is 0 Å². The molecular formula is C8H8N2O2. The number of allylic oxidation sites excluding steroid dienone is 3. The predicted molar refractivity (Wildman–Crippen MR) is 41.6 cm³/mol. The number of hydrogen-bond acceptors (Lipinski definition) is 3. The largest absolute Gasteiger partial charge is 0.294 e. The predicted octanol–water partition coefficient (Wildman–Crippen LogP) is -0.398. The lowest BCUT2D eigenvalue weighted by Gasteiger charge is -2.14. The van der Waals surface area contributed by atoms with E-state index in [0.29, 0.717) is 0 Å². The highest BCUT2D eigenvalue weighted by Crippen LogP contribution is 2.24. The third-order valence-corrected chi connectivity index (χ3v) is 2.04. The average molecular weight is 164 g/mol. The van der Waals surface area contributed by atoms with Crippen LogP contribution in [0.4, 0.5) is 0 Å². The van der Waals surface area contributed by atoms with Crippen LogP contribution >= 0.6 is 0 Å². The second kappa shape index (κ2) is 2.20. The molecule has 1 N–H and O–H groups in total. The van der Waals surface area contributed by atoms with Gasteiger partial charge in [-0.1, -0.05) is 6.08 Å². The highest BCUT2D eigenvalue weighted by atomic mass is 16.2. The molecule has 0 bridgehead atoms. The van der Waals surface area contributed by atoms with Crippen molar-refractivity contribution in [3.63, 3.8) is 0 Å². The van der Waals surface area contributed by atoms with Crippen molar-refractivity contribution in [1.82, 2.24) is 10.4 Å². The number of hydrogen-bond donors (Lipinski definition) is 1. The quantitative estimate of drug-likeness (QED) is 0.496. The zero-order valence-corrected chi connectivity index (χ0v) is 6.57. The summed E-state index contributed by atoms with van der Waals surface area (Å²) < 4.78 is 0. The average Bonchev–Trinajstić information content (AvgIpc) is 2.29. The van der Waals surface area contributed by atoms with E-state index >= 15 is 0 Å². The first-order valence-corrected chi connectivity index (χ1v) is 3.66. The van der Waals surface area contributed by atoms with Crippen LogP contribution in [0, 0.1) is 5.92 Å². The molecular weight excluding hydrogens is 156 g/mol. The molecule has 2 rings (SSSR count). The third kappa shape index (κ3) is 0.777. The van der Waals surface area contributed by atoms with Crippen molar-refractivity contribution in [2.24, 2.45) is 5.92 Å². The molecule has 1 fully saturated rings. The van der Waals surface area contributed by atoms with Crippen LogP contribution in [-0.2, 0) is 9.59 Å². The standard InChI is InChI=1S/C8H8N2O2/c1-10-5-3-2-4-6(11)7(5)8(12)9-10/h2-4,7H,1H3,(H,9,12). The lowest BCUT2D eigenvalue weighted by atomic mass is 9.96. The Kier molecular flexibility index (Phi) is 1.30. The van der Waals surface area contributed by atoms with Crippen LogP contribution in [0.5, 0.6) is 0 Å². The summed E-state index contributed by atoms with van der Waals surface area (Å²) in [4.78, 5) is 22.4. The highest BCUT2D eigenvalue weighted by Gasteiger charge is 2.38. The van der Waals surface area contributed by atoms with Gasteiger partial charge in [0.2, 0.25) is 0 Å². The van der Waals surface area contributed by atoms with Gasteiger partial charge in [-0.2, -0.15) is 0 Å². The lowest BCUT2D eigenvalue weighted by molar-refractivity contribution is -0.128. The molecule has 0 aromatic carbocycles. The molecule has 1 atom stereocenters. The maximum absolute atomic E-state index is 11.2. The lowest BCUT2D eigenvalue weighted by Crippen LogP contribution is -2.29. The fraction of sp³-hybridized carbons (Fsp3) is 0.250. The maximum atomic E-state index is 11.2. The number of ketones is 1. The molecule has 1 aliphatic heterocycles. The zero-order valence-electron chi connectivity index (χ0n) is 6.57. The van der Waals surface area contributed by atoms with E-state index < -0.39 is 5.92 Å². The Labute approximate surface area is 69.5 Å². The van der Waals surface area contributed by atoms with Crippen LogP contribution in [0.25, 0.3) is 0 Å². The van der Waals surface area contributed by atoms with Crippen molar-refractivity contribution >= 4 is 11.7 Å². The van der Waals surface area contributed by atoms with Crippen LogP contribution in [0.3, 0.4) is 0 Å². The number of nitrogens with one attached hydrogen (secondary N) is 1. The summed E-state index contributed by atoms with van der Waals surface area (Å²) in [5, 5.41) is 1.58. The first kappa shape index (κ1) is 7.09. The van der Waals surface area contributed by atoms with Crippen LogP contribution in [-0.4, -0.2) is 23.7 Å². The SMILES string of the molecule is CN1NC(=O)C2C(=O)C=CC=C21. The molecule has 1 heterocycles. The number of carbonyl (C=O) groups is 2. The number of nitrogens with zero attached hydrogens (tertiary/aromatic N) is 1. The van der Waals surface area contributed by atoms with Crippen LogP contribution in [0.2, 0.25) is 0 Å². The minimum atomic E-state index is -0.611. The Hall–Kier alpha value is -1.58. The molecule has 1 unspecified atom stereocenters. The van der Waals surface area contributed by atoms with Crippen molar-refractivity contribution in [1.29, 1.82) is 0 Å². The fourth-order valence-corrected chi connectivity index (χ4v) is 1.44. The van der Waals surface area contributed by atoms with Gasteiger partial charge in [0, 0.05) is 7.05 Å². The summed E-state index contributed by atoms with van der Waals surface area (Å²) in [7, 11) is 1.72. The van der Waals surface area contributed by atoms with Gasteiger partial charge in [-0.3, -0.25) is 20.0 Å². The van der Waals surface area contributed by atoms with Crippen molar-refractivity contribution < 1.29 is 9.59 Å². The van der Waals surface area contributed by atoms with Gasteiger partial charge in [0.1, 0.15) is 5.92 Å². The number of rotatable bonds is 0. The van der Waals surface area contributed by atoms with E-state index in [0.717, 1.165) is 5.70 Å². The summed E-state index contributed by atoms with van der Waals surface area (Å²) in [6, 6.07) is 0. The molecule has 0 aromatic rings. The van der Waals surface area contributed by atoms with Gasteiger partial charge in [-0.25, -0.2) is 0 Å². The Morgan fingerprint density at radius 2 is 2.25 bits per heavy atom. The highest BCUT2D eigenvalue weighted by molar-refractivity contribution is 6.11. The Morgan fingerprint density at radius 1 is 1.50 bits per heavy atom. The van der Waals surface area contributed by atoms with E-state index in [9.17, 15) is 9.59 Å². The van der Waals surface area contributed by atoms with Crippen molar-refractivity contribution in [3.8, 4) is 0 Å². The van der Waals surface area contributed by atoms with Crippen LogP contribution < -0.4 is 5.43 Å². The van der Waals surface area contributed by atoms with Crippen LogP contribution in [0.1, 0.15) is 0 Å². The second-order valence-corrected chi connectivity index (χ2v) is 2.82. The van der Waals surface area contributed by atoms with E-state index in [2.05, 4.69) is 5.43 Å². The molecule has 1 saturated heterocycles. The third-order valence-electron chi connectivity index (χ3n) is 2.04. The maximum Gasteiger partial charge on any atom is 0.255 e. The van der Waals surface area contributed by atoms with Gasteiger partial charge < -0.3 is 0 Å². The van der Waals surface area contributed by atoms with Gasteiger partial charge in [-0.05, 0) is 12.2 Å². The normalized spacial score (nSPS) is 26.9. The molecule has 62 valence electrons. The van der Waals surface area contributed by atoms with Gasteiger partial charge in [-0.15, -0.1) is 0 Å². The molecule has 2 aliphatic rings. The van der Waals surface area contributed by atoms with Crippen molar-refractivity contribution in [3.05, 3.63) is 23.9 Å². The monoisotopic (exact) mass is 164 g/mol. The van der Waals surface area contributed by atoms with Gasteiger partial charge in [0.05, 0.1) is 5.70 Å². The summed E-state index contributed by atoms with van der Waals surface area (Å²) >= 11 is 0. The molecule has 0 saturated carbocycles. The molecule has 4 heteroatoms. The Bertz CT molecular complexity index is 317. The topological polar surface area (TPSA) is 49.4 Å². The van der Waals surface area contributed by atoms with Crippen LogP contribution in [0.15, 0.2) is 23.9 Å². The molecule has 4 nitrogen and oxygen atoms in total. The van der Waals surface area contributed by atoms with E-state index in [1.165, 1.54) is 6.08 Å². The first-order chi connectivity index (χ1) is 5.70. The smallest absolute Gasteiger partial charge is 0.255 e. The molecule has 1 aliphatic carbocycles. The number of carbonyl (C=O) groups excluding carboxylic acids is 2. The van der Waals surface area contributed by atoms with E-state index in [1.807, 2.05) is 0 Å². The van der Waals surface area contributed by atoms with Gasteiger partial charge in [0.25, 0.3) is 5.91 Å². The van der Waals surface area contributed by atoms with E-state index in [1.54, 1.807) is 24.2 Å². The van der Waals surface area contributed by atoms with E-state index in [-0.39, 0.29) is 11.7 Å². The second-order valence-electron chi connectivity index (χ2n) is 2.82. The van der Waals surface area contributed by atoms with Crippen molar-refractivity contribution in [2.75, 3.05) is 7.05 Å². The zero-order chi connectivity index (χ0) is 8.72. The summed E-state index contributed by atoms with van der Waals surface area (Å²) in [6.45, 7) is 0. The number of hydrazine groups is 1.